The van der Waals surface area contributed by atoms with Crippen LogP contribution in [-0.2, 0) is 61.7 Å². The van der Waals surface area contributed by atoms with Gasteiger partial charge >= 0.3 is 127 Å². The van der Waals surface area contributed by atoms with Crippen LogP contribution >= 0.6 is 0 Å². The van der Waals surface area contributed by atoms with E-state index in [0.29, 0.717) is 0 Å². The summed E-state index contributed by atoms with van der Waals surface area (Å²) in [7, 11) is -105. The molecule has 0 amide bonds. The van der Waals surface area contributed by atoms with E-state index in [1.54, 1.807) is 0 Å². The fourth-order valence-electron chi connectivity index (χ4n) is 7.92. The molecule has 0 aromatic rings. The predicted molar refractivity (Wildman–Crippen MR) is 368 cm³/mol. The van der Waals surface area contributed by atoms with Crippen LogP contribution in [0.3, 0.4) is 0 Å². The van der Waals surface area contributed by atoms with Gasteiger partial charge in [0, 0.05) is 0 Å². The summed E-state index contributed by atoms with van der Waals surface area (Å²) in [5.41, 5.74) is 0. The first-order valence-electron chi connectivity index (χ1n) is 22.9. The second-order valence-electron chi connectivity index (χ2n) is 19.0. The lowest BCUT2D eigenvalue weighted by atomic mass is 11.8. The maximum atomic E-state index is 13.0. The molecule has 0 saturated heterocycles. The highest BCUT2D eigenvalue weighted by molar-refractivity contribution is 8.24. The quantitative estimate of drug-likeness (QED) is 0.0251. The summed E-state index contributed by atoms with van der Waals surface area (Å²) in [6.45, 7) is -42.1. The average molecular weight is 2000 g/mol. The number of hydrogen-bond donors (Lipinski definition) is 26. The van der Waals surface area contributed by atoms with Crippen molar-refractivity contribution in [2.24, 2.45) is 0 Å². The Morgan fingerprint density at radius 2 is 0.533 bits per heavy atom. The molecule has 0 aliphatic carbocycles. The van der Waals surface area contributed by atoms with E-state index in [4.69, 9.17) is 61.7 Å². The van der Waals surface area contributed by atoms with Gasteiger partial charge in [0.2, 0.25) is 147 Å². The van der Waals surface area contributed by atoms with Crippen LogP contribution in [0.25, 0.3) is 0 Å². The lowest BCUT2D eigenvalue weighted by Crippen LogP contribution is -3.14. The van der Waals surface area contributed by atoms with Crippen molar-refractivity contribution in [2.45, 2.75) is 58.9 Å². The van der Waals surface area contributed by atoms with E-state index in [1.165, 1.54) is 39.3 Å². The molecule has 503 valence electrons. The molecular weight excluding hydrogens is 1940 g/mol. The molecule has 0 aliphatic rings. The van der Waals surface area contributed by atoms with Gasteiger partial charge in [0.05, 0.1) is 0 Å². The monoisotopic (exact) mass is 1990 g/mol. The molecule has 83 heteroatoms. The first kappa shape index (κ1) is 99.5. The maximum Gasteiger partial charge on any atom is 0.420 e. The van der Waals surface area contributed by atoms with Crippen molar-refractivity contribution in [3.8, 4) is 0 Å². The molecule has 0 aromatic heterocycles. The molecule has 0 spiro atoms. The highest BCUT2D eigenvalue weighted by Crippen LogP contribution is 2.54. The van der Waals surface area contributed by atoms with Gasteiger partial charge in [-0.2, -0.15) is 0 Å². The van der Waals surface area contributed by atoms with Gasteiger partial charge in [-0.3, -0.25) is 0 Å². The van der Waals surface area contributed by atoms with Gasteiger partial charge in [0.15, 0.2) is 16.6 Å². The summed E-state index contributed by atoms with van der Waals surface area (Å²) >= 11 is 0. The molecule has 0 rings (SSSR count). The first-order valence-corrected chi connectivity index (χ1v) is 108. The Morgan fingerprint density at radius 3 is 0.761 bits per heavy atom. The van der Waals surface area contributed by atoms with Crippen LogP contribution in [0.2, 0.25) is 58.9 Å². The second kappa shape index (κ2) is 43.6. The zero-order chi connectivity index (χ0) is 71.9. The van der Waals surface area contributed by atoms with Crippen LogP contribution in [0.15, 0.2) is 0 Å². The first-order chi connectivity index (χ1) is 42.9. The zero-order valence-electron chi connectivity index (χ0n) is 47.8. The van der Waals surface area contributed by atoms with Gasteiger partial charge in [-0.05, 0) is 58.9 Å². The van der Waals surface area contributed by atoms with Crippen molar-refractivity contribution >= 4 is 365 Å². The second-order valence-corrected chi connectivity index (χ2v) is 195. The third-order valence-corrected chi connectivity index (χ3v) is 317. The van der Waals surface area contributed by atoms with Crippen molar-refractivity contribution in [2.75, 3.05) is 0 Å². The minimum absolute atomic E-state index is 0.964. The molecule has 2 unspecified atom stereocenters. The van der Waals surface area contributed by atoms with E-state index in [2.05, 4.69) is 0 Å². The van der Waals surface area contributed by atoms with Crippen LogP contribution in [0.4, 0.5) is 0 Å². The molecule has 26 N–H and O–H groups in total. The topological polar surface area (TPSA) is 664 Å². The van der Waals surface area contributed by atoms with E-state index >= 15 is 0 Å². The lowest BCUT2D eigenvalue weighted by molar-refractivity contribution is 0.302. The van der Waals surface area contributed by atoms with Crippen LogP contribution < -0.4 is 0 Å². The van der Waals surface area contributed by atoms with E-state index in [-0.39, 0.29) is 0 Å². The van der Waals surface area contributed by atoms with E-state index in [0.717, 1.165) is 19.6 Å². The Bertz CT molecular complexity index is 1960. The average Bonchev–Trinajstić information content (AvgIpc) is 0.641. The van der Waals surface area contributed by atoms with Crippen molar-refractivity contribution < 1.29 is 186 Å². The normalized spacial score (nSPS) is 16.0. The van der Waals surface area contributed by atoms with Crippen LogP contribution in [0.1, 0.15) is 0 Å². The lowest BCUT2D eigenvalue weighted by Gasteiger charge is -2.70. The van der Waals surface area contributed by atoms with Crippen molar-refractivity contribution in [1.29, 1.82) is 0 Å². The molecule has 0 saturated carbocycles. The molecule has 2 atom stereocenters. The van der Waals surface area contributed by atoms with Crippen LogP contribution in [-0.4, -0.2) is 489 Å². The summed E-state index contributed by atoms with van der Waals surface area (Å²) in [6, 6.07) is 0. The minimum atomic E-state index is -8.15. The highest BCUT2D eigenvalue weighted by atomic mass is 30.5. The molecular formula is C9H53O41Si42. The molecule has 0 fully saturated rings. The van der Waals surface area contributed by atoms with Gasteiger partial charge in [-0.25, -0.2) is 0 Å². The van der Waals surface area contributed by atoms with Gasteiger partial charge < -0.3 is 186 Å². The third kappa shape index (κ3) is 20.3. The maximum absolute atomic E-state index is 13.0. The summed E-state index contributed by atoms with van der Waals surface area (Å²) in [5, 5.41) is 0. The highest BCUT2D eigenvalue weighted by Gasteiger charge is 3.01. The summed E-state index contributed by atoms with van der Waals surface area (Å²) in [5.74, 6) is 0. The van der Waals surface area contributed by atoms with Gasteiger partial charge in [0.25, 0.3) is 73.9 Å². The van der Waals surface area contributed by atoms with E-state index < -0.39 is 365 Å². The third-order valence-electron chi connectivity index (χ3n) is 11.2. The Kier molecular flexibility index (Phi) is 47.1. The fourth-order valence-corrected chi connectivity index (χ4v) is 520. The standard InChI is InChI=1S/C9H53O41Si42/c1-76(44-77(2,3)4)45-83(91(87(68-27,69-28)40-55-14,88(70-29,71-30)41-56-15)48-80(59-18,60-19)36-51-10,92(89(72-31,73-32)42-57-16,90(74-33,75-34)43-58-17)49-82(63-22,37-52-11)79(8,9)35)50-84(85(64-23,65-24)38-53-12,86(66-25,67-26)39-54-13)47-81(61-20,62-21)46-78(5,6)7/h10-35H,1-9H3. The van der Waals surface area contributed by atoms with Crippen LogP contribution in [0.5, 0.6) is 0 Å². The van der Waals surface area contributed by atoms with Gasteiger partial charge in [-0.1, -0.05) is 0 Å². The van der Waals surface area contributed by atoms with Crippen molar-refractivity contribution in [1.82, 2.24) is 0 Å². The van der Waals surface area contributed by atoms with Crippen LogP contribution in [0, 0.1) is 0 Å². The largest absolute Gasteiger partial charge is 0.439 e. The van der Waals surface area contributed by atoms with E-state index in [1.807, 2.05) is 0 Å². The Balaban J connectivity index is 14.5. The van der Waals surface area contributed by atoms with Gasteiger partial charge in [0.1, 0.15) is 0 Å². The zero-order valence-corrected chi connectivity index (χ0v) is 89.8. The Hall–Kier alpha value is 7.47. The molecule has 41 nitrogen and oxygen atoms in total. The molecule has 0 bridgehead atoms. The molecule has 0 aliphatic heterocycles. The molecule has 92 heavy (non-hydrogen) atoms. The van der Waals surface area contributed by atoms with E-state index in [9.17, 15) is 125 Å². The summed E-state index contributed by atoms with van der Waals surface area (Å²) < 4.78 is 102. The number of rotatable bonds is 56. The Labute approximate surface area is 603 Å². The molecule has 0 heterocycles. The number of hydrogen-bond acceptors (Lipinski definition) is 41. The smallest absolute Gasteiger partial charge is 0.420 e. The fraction of sp³-hybridized carbons (Fsp3) is 1.00. The summed E-state index contributed by atoms with van der Waals surface area (Å²) in [6.07, 6.45) is 0. The molecule has 0 aromatic carbocycles. The molecule has 51 radical (unpaired) electrons. The predicted octanol–water partition coefficient (Wildman–Crippen LogP) is -26.2. The van der Waals surface area contributed by atoms with Crippen molar-refractivity contribution in [3.05, 3.63) is 0 Å². The van der Waals surface area contributed by atoms with Crippen molar-refractivity contribution in [3.63, 3.8) is 0 Å². The Morgan fingerprint density at radius 1 is 0.250 bits per heavy atom. The SMILES string of the molecule is C[Si](O[Si](C)(C)C)O[Si](O[Si](O[Si](O[Si](C)(C)C)([Si]O)[Si]O)([Si](O[Si]O)([Si]O)[Si]O)[Si](O[Si]O)([Si]O)[Si]O)([Si](O[Si](O[Si]O)([Si]O)[Si]O)([Si](O[Si]O)([Si]O)[Si]O)[Si](O[Si]O)([Si]O)[Si]O)[Si](O[Si](O[Si]O)([Si]O)[Si](C)(C)O)([Si](O[Si]O)([Si]O)[Si]O)[Si](O[Si]O)([Si]O)[Si]O. The van der Waals surface area contributed by atoms with Gasteiger partial charge in [-0.15, -0.1) is 0 Å². The minimum Gasteiger partial charge on any atom is -0.439 e. The summed E-state index contributed by atoms with van der Waals surface area (Å²) in [4.78, 5) is 318.